The summed E-state index contributed by atoms with van der Waals surface area (Å²) in [5.74, 6) is -1.29. The number of nitrogens with zero attached hydrogens (tertiary/aromatic N) is 1. The number of ether oxygens (including phenoxy) is 1. The van der Waals surface area contributed by atoms with Crippen LogP contribution in [0, 0.1) is 6.92 Å². The summed E-state index contributed by atoms with van der Waals surface area (Å²) in [6, 6.07) is 13.0. The first-order valence-corrected chi connectivity index (χ1v) is 6.52. The molecule has 0 fully saturated rings. The summed E-state index contributed by atoms with van der Waals surface area (Å²) < 4.78 is 4.97. The number of aromatic nitrogens is 1. The molecule has 2 aromatic rings. The number of amides is 1. The predicted octanol–water partition coefficient (Wildman–Crippen LogP) is 2.09. The number of primary amides is 1. The van der Waals surface area contributed by atoms with Crippen LogP contribution in [0.1, 0.15) is 23.0 Å². The van der Waals surface area contributed by atoms with Crippen LogP contribution < -0.4 is 5.73 Å². The molecule has 5 heteroatoms. The molecule has 0 bridgehead atoms. The minimum Gasteiger partial charge on any atom is -0.449 e. The zero-order chi connectivity index (χ0) is 15.4. The van der Waals surface area contributed by atoms with Gasteiger partial charge >= 0.3 is 5.97 Å². The number of pyridine rings is 1. The highest BCUT2D eigenvalue weighted by Crippen LogP contribution is 2.19. The van der Waals surface area contributed by atoms with Gasteiger partial charge < -0.3 is 10.5 Å². The smallest absolute Gasteiger partial charge is 0.340 e. The van der Waals surface area contributed by atoms with E-state index >= 15 is 0 Å². The van der Waals surface area contributed by atoms with Gasteiger partial charge in [0, 0.05) is 5.56 Å². The Labute approximate surface area is 122 Å². The van der Waals surface area contributed by atoms with E-state index in [9.17, 15) is 9.59 Å². The molecule has 1 aromatic carbocycles. The first-order valence-electron chi connectivity index (χ1n) is 6.52. The van der Waals surface area contributed by atoms with E-state index in [-0.39, 0.29) is 0 Å². The van der Waals surface area contributed by atoms with Gasteiger partial charge in [-0.15, -0.1) is 0 Å². The van der Waals surface area contributed by atoms with Gasteiger partial charge in [-0.3, -0.25) is 9.78 Å². The van der Waals surface area contributed by atoms with Crippen molar-refractivity contribution in [2.45, 2.75) is 20.0 Å². The molecular weight excluding hydrogens is 268 g/mol. The molecule has 0 saturated carbocycles. The van der Waals surface area contributed by atoms with Crippen LogP contribution in [0.5, 0.6) is 0 Å². The van der Waals surface area contributed by atoms with Crippen LogP contribution >= 0.6 is 0 Å². The Morgan fingerprint density at radius 2 is 1.81 bits per heavy atom. The van der Waals surface area contributed by atoms with E-state index in [1.807, 2.05) is 30.3 Å². The van der Waals surface area contributed by atoms with E-state index in [4.69, 9.17) is 10.5 Å². The molecule has 1 heterocycles. The monoisotopic (exact) mass is 284 g/mol. The highest BCUT2D eigenvalue weighted by molar-refractivity contribution is 5.93. The highest BCUT2D eigenvalue weighted by Gasteiger charge is 2.18. The zero-order valence-corrected chi connectivity index (χ0v) is 11.9. The summed E-state index contributed by atoms with van der Waals surface area (Å²) in [6.07, 6.45) is -0.967. The molecule has 0 spiro atoms. The Bertz CT molecular complexity index is 668. The lowest BCUT2D eigenvalue weighted by molar-refractivity contribution is -0.125. The largest absolute Gasteiger partial charge is 0.449 e. The molecule has 2 rings (SSSR count). The van der Waals surface area contributed by atoms with Crippen molar-refractivity contribution in [1.29, 1.82) is 0 Å². The van der Waals surface area contributed by atoms with Crippen molar-refractivity contribution in [3.63, 3.8) is 0 Å². The Hall–Kier alpha value is -2.69. The number of nitrogens with two attached hydrogens (primary N) is 1. The van der Waals surface area contributed by atoms with E-state index in [1.165, 1.54) is 6.92 Å². The molecule has 1 atom stereocenters. The molecule has 0 radical (unpaired) electrons. The molecule has 108 valence electrons. The van der Waals surface area contributed by atoms with Gasteiger partial charge in [0.25, 0.3) is 5.91 Å². The van der Waals surface area contributed by atoms with Crippen LogP contribution in [-0.4, -0.2) is 23.0 Å². The lowest BCUT2D eigenvalue weighted by atomic mass is 10.1. The second-order valence-electron chi connectivity index (χ2n) is 4.65. The average molecular weight is 284 g/mol. The van der Waals surface area contributed by atoms with Crippen molar-refractivity contribution < 1.29 is 14.3 Å². The molecule has 0 aliphatic heterocycles. The lowest BCUT2D eigenvalue weighted by Gasteiger charge is -2.11. The first-order chi connectivity index (χ1) is 9.99. The summed E-state index contributed by atoms with van der Waals surface area (Å²) in [4.78, 5) is 27.3. The molecule has 1 aromatic heterocycles. The summed E-state index contributed by atoms with van der Waals surface area (Å²) >= 11 is 0. The van der Waals surface area contributed by atoms with Gasteiger partial charge in [-0.05, 0) is 26.0 Å². The topological polar surface area (TPSA) is 82.3 Å². The fraction of sp³-hybridized carbons (Fsp3) is 0.188. The van der Waals surface area contributed by atoms with E-state index in [0.717, 1.165) is 11.3 Å². The van der Waals surface area contributed by atoms with E-state index in [1.54, 1.807) is 19.1 Å². The molecule has 0 saturated heterocycles. The van der Waals surface area contributed by atoms with Crippen molar-refractivity contribution in [1.82, 2.24) is 4.98 Å². The fourth-order valence-electron chi connectivity index (χ4n) is 1.83. The van der Waals surface area contributed by atoms with E-state index in [2.05, 4.69) is 4.98 Å². The minimum atomic E-state index is -0.967. The maximum Gasteiger partial charge on any atom is 0.340 e. The maximum atomic E-state index is 12.0. The Kier molecular flexibility index (Phi) is 4.33. The normalized spacial score (nSPS) is 11.7. The van der Waals surface area contributed by atoms with Gasteiger partial charge in [0.1, 0.15) is 0 Å². The maximum absolute atomic E-state index is 12.0. The molecule has 2 N–H and O–H groups in total. The first kappa shape index (κ1) is 14.7. The van der Waals surface area contributed by atoms with Gasteiger partial charge in [0.05, 0.1) is 17.0 Å². The summed E-state index contributed by atoms with van der Waals surface area (Å²) in [5.41, 5.74) is 7.67. The Morgan fingerprint density at radius 3 is 2.38 bits per heavy atom. The standard InChI is InChI=1S/C16H16N2O3/c1-10-13(16(20)21-11(2)15(17)19)8-9-14(18-10)12-6-4-3-5-7-12/h3-9,11H,1-2H3,(H2,17,19). The van der Waals surface area contributed by atoms with Gasteiger partial charge in [-0.2, -0.15) is 0 Å². The van der Waals surface area contributed by atoms with Crippen LogP contribution in [0.4, 0.5) is 0 Å². The molecule has 21 heavy (non-hydrogen) atoms. The average Bonchev–Trinajstić information content (AvgIpc) is 2.47. The number of hydrogen-bond donors (Lipinski definition) is 1. The van der Waals surface area contributed by atoms with E-state index in [0.29, 0.717) is 11.3 Å². The van der Waals surface area contributed by atoms with Gasteiger partial charge in [-0.1, -0.05) is 30.3 Å². The molecule has 0 aliphatic rings. The van der Waals surface area contributed by atoms with Gasteiger partial charge in [0.2, 0.25) is 0 Å². The van der Waals surface area contributed by atoms with Crippen LogP contribution in [0.3, 0.4) is 0 Å². The van der Waals surface area contributed by atoms with Gasteiger partial charge in [-0.25, -0.2) is 4.79 Å². The number of carbonyl (C=O) groups is 2. The SMILES string of the molecule is Cc1nc(-c2ccccc2)ccc1C(=O)OC(C)C(N)=O. The van der Waals surface area contributed by atoms with Crippen LogP contribution in [0.25, 0.3) is 11.3 Å². The zero-order valence-electron chi connectivity index (χ0n) is 11.9. The fourth-order valence-corrected chi connectivity index (χ4v) is 1.83. The molecular formula is C16H16N2O3. The number of benzene rings is 1. The molecule has 5 nitrogen and oxygen atoms in total. The number of hydrogen-bond acceptors (Lipinski definition) is 4. The van der Waals surface area contributed by atoms with Crippen LogP contribution in [0.2, 0.25) is 0 Å². The molecule has 0 aliphatic carbocycles. The molecule has 1 unspecified atom stereocenters. The summed E-state index contributed by atoms with van der Waals surface area (Å²) in [7, 11) is 0. The van der Waals surface area contributed by atoms with Crippen molar-refractivity contribution in [2.75, 3.05) is 0 Å². The van der Waals surface area contributed by atoms with Crippen molar-refractivity contribution in [3.05, 3.63) is 53.7 Å². The van der Waals surface area contributed by atoms with Gasteiger partial charge in [0.15, 0.2) is 6.10 Å². The minimum absolute atomic E-state index is 0.322. The predicted molar refractivity (Wildman–Crippen MR) is 78.5 cm³/mol. The number of aryl methyl sites for hydroxylation is 1. The second-order valence-corrected chi connectivity index (χ2v) is 4.65. The molecule has 1 amide bonds. The van der Waals surface area contributed by atoms with Crippen molar-refractivity contribution in [3.8, 4) is 11.3 Å². The number of rotatable bonds is 4. The van der Waals surface area contributed by atoms with Crippen molar-refractivity contribution in [2.24, 2.45) is 5.73 Å². The lowest BCUT2D eigenvalue weighted by Crippen LogP contribution is -2.30. The Morgan fingerprint density at radius 1 is 1.14 bits per heavy atom. The number of carbonyl (C=O) groups excluding carboxylic acids is 2. The summed E-state index contributed by atoms with van der Waals surface area (Å²) in [5, 5.41) is 0. The third-order valence-electron chi connectivity index (χ3n) is 3.06. The van der Waals surface area contributed by atoms with E-state index < -0.39 is 18.0 Å². The van der Waals surface area contributed by atoms with Crippen LogP contribution in [0.15, 0.2) is 42.5 Å². The summed E-state index contributed by atoms with van der Waals surface area (Å²) in [6.45, 7) is 3.15. The quantitative estimate of drug-likeness (QED) is 0.871. The third-order valence-corrected chi connectivity index (χ3v) is 3.06. The van der Waals surface area contributed by atoms with Crippen LogP contribution in [-0.2, 0) is 9.53 Å². The number of esters is 1. The van der Waals surface area contributed by atoms with Crippen molar-refractivity contribution >= 4 is 11.9 Å². The Balaban J connectivity index is 2.24. The second kappa shape index (κ2) is 6.17. The highest BCUT2D eigenvalue weighted by atomic mass is 16.5. The third kappa shape index (κ3) is 3.45.